The molecule has 1 fully saturated rings. The SMILES string of the molecule is CCSCCC(=O)NC[C@H]1CCC[C@H]1NC(=O)CCSCC. The highest BCUT2D eigenvalue weighted by Crippen LogP contribution is 2.25. The summed E-state index contributed by atoms with van der Waals surface area (Å²) in [5.41, 5.74) is 0. The molecule has 1 rings (SSSR count). The van der Waals surface area contributed by atoms with E-state index in [1.54, 1.807) is 23.5 Å². The largest absolute Gasteiger partial charge is 0.356 e. The van der Waals surface area contributed by atoms with Gasteiger partial charge in [-0.1, -0.05) is 20.3 Å². The van der Waals surface area contributed by atoms with Crippen molar-refractivity contribution in [2.24, 2.45) is 5.92 Å². The maximum atomic E-state index is 11.9. The van der Waals surface area contributed by atoms with E-state index in [1.165, 1.54) is 0 Å². The molecule has 0 spiro atoms. The van der Waals surface area contributed by atoms with Crippen LogP contribution in [0.4, 0.5) is 0 Å². The first-order valence-corrected chi connectivity index (χ1v) is 10.7. The number of carbonyl (C=O) groups is 2. The van der Waals surface area contributed by atoms with Crippen molar-refractivity contribution in [2.45, 2.75) is 52.0 Å². The summed E-state index contributed by atoms with van der Waals surface area (Å²) in [5.74, 6) is 4.59. The zero-order valence-corrected chi connectivity index (χ0v) is 15.5. The Labute approximate surface area is 143 Å². The van der Waals surface area contributed by atoms with Gasteiger partial charge in [0, 0.05) is 36.9 Å². The Hall–Kier alpha value is -0.360. The fourth-order valence-electron chi connectivity index (χ4n) is 2.70. The van der Waals surface area contributed by atoms with Gasteiger partial charge >= 0.3 is 0 Å². The quantitative estimate of drug-likeness (QED) is 0.565. The van der Waals surface area contributed by atoms with Gasteiger partial charge in [0.1, 0.15) is 0 Å². The van der Waals surface area contributed by atoms with Gasteiger partial charge in [-0.2, -0.15) is 23.5 Å². The van der Waals surface area contributed by atoms with E-state index in [-0.39, 0.29) is 17.9 Å². The third-order valence-electron chi connectivity index (χ3n) is 3.92. The topological polar surface area (TPSA) is 58.2 Å². The smallest absolute Gasteiger partial charge is 0.221 e. The number of hydrogen-bond donors (Lipinski definition) is 2. The van der Waals surface area contributed by atoms with Crippen molar-refractivity contribution < 1.29 is 9.59 Å². The van der Waals surface area contributed by atoms with Gasteiger partial charge in [0.2, 0.25) is 11.8 Å². The summed E-state index contributed by atoms with van der Waals surface area (Å²) in [7, 11) is 0. The molecule has 0 aromatic heterocycles. The van der Waals surface area contributed by atoms with Gasteiger partial charge in [-0.3, -0.25) is 9.59 Å². The van der Waals surface area contributed by atoms with E-state index in [4.69, 9.17) is 0 Å². The maximum absolute atomic E-state index is 11.9. The Balaban J connectivity index is 2.22. The maximum Gasteiger partial charge on any atom is 0.221 e. The molecule has 0 aliphatic heterocycles. The Morgan fingerprint density at radius 2 is 1.64 bits per heavy atom. The van der Waals surface area contributed by atoms with E-state index in [9.17, 15) is 9.59 Å². The highest BCUT2D eigenvalue weighted by molar-refractivity contribution is 7.99. The zero-order valence-electron chi connectivity index (χ0n) is 13.9. The summed E-state index contributed by atoms with van der Waals surface area (Å²) in [4.78, 5) is 23.7. The summed E-state index contributed by atoms with van der Waals surface area (Å²) in [6.07, 6.45) is 4.47. The normalized spacial score (nSPS) is 20.8. The lowest BCUT2D eigenvalue weighted by Gasteiger charge is -2.21. The number of thioether (sulfide) groups is 2. The van der Waals surface area contributed by atoms with Gasteiger partial charge in [0.05, 0.1) is 0 Å². The Kier molecular flexibility index (Phi) is 10.8. The molecular weight excluding hydrogens is 316 g/mol. The number of nitrogens with one attached hydrogen (secondary N) is 2. The minimum Gasteiger partial charge on any atom is -0.356 e. The standard InChI is InChI=1S/C16H30N2O2S2/c1-3-21-10-8-15(19)17-12-13-6-5-7-14(13)18-16(20)9-11-22-4-2/h13-14H,3-12H2,1-2H3,(H,17,19)(H,18,20)/t13-,14-/m1/s1. The fraction of sp³-hybridized carbons (Fsp3) is 0.875. The van der Waals surface area contributed by atoms with Crippen LogP contribution in [0.25, 0.3) is 0 Å². The van der Waals surface area contributed by atoms with E-state index in [2.05, 4.69) is 24.5 Å². The van der Waals surface area contributed by atoms with Crippen LogP contribution >= 0.6 is 23.5 Å². The molecule has 22 heavy (non-hydrogen) atoms. The monoisotopic (exact) mass is 346 g/mol. The van der Waals surface area contributed by atoms with E-state index >= 15 is 0 Å². The van der Waals surface area contributed by atoms with E-state index in [0.717, 1.165) is 42.3 Å². The average molecular weight is 347 g/mol. The number of hydrogen-bond acceptors (Lipinski definition) is 4. The molecule has 128 valence electrons. The molecule has 4 nitrogen and oxygen atoms in total. The first kappa shape index (κ1) is 19.7. The van der Waals surface area contributed by atoms with Crippen LogP contribution in [0.3, 0.4) is 0 Å². The molecule has 6 heteroatoms. The van der Waals surface area contributed by atoms with Crippen LogP contribution in [-0.4, -0.2) is 47.4 Å². The Bertz CT molecular complexity index is 340. The van der Waals surface area contributed by atoms with Crippen LogP contribution in [0.15, 0.2) is 0 Å². The van der Waals surface area contributed by atoms with Crippen molar-refractivity contribution >= 4 is 35.3 Å². The molecule has 1 saturated carbocycles. The second kappa shape index (κ2) is 12.1. The van der Waals surface area contributed by atoms with E-state index < -0.39 is 0 Å². The van der Waals surface area contributed by atoms with Gasteiger partial charge in [0.25, 0.3) is 0 Å². The molecule has 0 heterocycles. The molecule has 2 amide bonds. The number of carbonyl (C=O) groups excluding carboxylic acids is 2. The molecule has 0 saturated heterocycles. The molecule has 0 aromatic rings. The predicted octanol–water partition coefficient (Wildman–Crippen LogP) is 2.67. The zero-order chi connectivity index (χ0) is 16.2. The number of rotatable bonds is 11. The summed E-state index contributed by atoms with van der Waals surface area (Å²) in [5, 5.41) is 6.19. The molecule has 2 N–H and O–H groups in total. The second-order valence-corrected chi connectivity index (χ2v) is 8.35. The van der Waals surface area contributed by atoms with Crippen molar-refractivity contribution in [1.82, 2.24) is 10.6 Å². The van der Waals surface area contributed by atoms with Crippen molar-refractivity contribution in [1.29, 1.82) is 0 Å². The molecule has 1 aliphatic carbocycles. The van der Waals surface area contributed by atoms with Crippen LogP contribution in [-0.2, 0) is 9.59 Å². The Morgan fingerprint density at radius 3 is 2.27 bits per heavy atom. The summed E-state index contributed by atoms with van der Waals surface area (Å²) < 4.78 is 0. The minimum absolute atomic E-state index is 0.136. The molecule has 0 aromatic carbocycles. The van der Waals surface area contributed by atoms with Crippen LogP contribution in [0.5, 0.6) is 0 Å². The van der Waals surface area contributed by atoms with Crippen LogP contribution < -0.4 is 10.6 Å². The molecule has 1 aliphatic rings. The van der Waals surface area contributed by atoms with E-state index in [0.29, 0.717) is 25.3 Å². The van der Waals surface area contributed by atoms with Gasteiger partial charge in [-0.15, -0.1) is 0 Å². The predicted molar refractivity (Wildman–Crippen MR) is 97.5 cm³/mol. The summed E-state index contributed by atoms with van der Waals surface area (Å²) in [6.45, 7) is 4.91. The van der Waals surface area contributed by atoms with Gasteiger partial charge in [-0.05, 0) is 30.3 Å². The third-order valence-corrected chi connectivity index (χ3v) is 5.72. The van der Waals surface area contributed by atoms with Crippen molar-refractivity contribution in [3.63, 3.8) is 0 Å². The Morgan fingerprint density at radius 1 is 1.00 bits per heavy atom. The molecule has 2 atom stereocenters. The van der Waals surface area contributed by atoms with E-state index in [1.807, 2.05) is 0 Å². The van der Waals surface area contributed by atoms with Crippen molar-refractivity contribution in [3.05, 3.63) is 0 Å². The lowest BCUT2D eigenvalue weighted by molar-refractivity contribution is -0.121. The molecule has 0 radical (unpaired) electrons. The molecule has 0 unspecified atom stereocenters. The van der Waals surface area contributed by atoms with Crippen LogP contribution in [0.2, 0.25) is 0 Å². The van der Waals surface area contributed by atoms with Gasteiger partial charge in [-0.25, -0.2) is 0 Å². The molecular formula is C16H30N2O2S2. The fourth-order valence-corrected chi connectivity index (χ4v) is 3.94. The lowest BCUT2D eigenvalue weighted by atomic mass is 10.0. The van der Waals surface area contributed by atoms with Crippen LogP contribution in [0, 0.1) is 5.92 Å². The third kappa shape index (κ3) is 8.32. The van der Waals surface area contributed by atoms with Gasteiger partial charge in [0.15, 0.2) is 0 Å². The highest BCUT2D eigenvalue weighted by atomic mass is 32.2. The van der Waals surface area contributed by atoms with Gasteiger partial charge < -0.3 is 10.6 Å². The second-order valence-electron chi connectivity index (χ2n) is 5.56. The average Bonchev–Trinajstić information content (AvgIpc) is 2.93. The van der Waals surface area contributed by atoms with Crippen LogP contribution in [0.1, 0.15) is 46.0 Å². The first-order valence-electron chi connectivity index (χ1n) is 8.38. The molecule has 0 bridgehead atoms. The highest BCUT2D eigenvalue weighted by Gasteiger charge is 2.28. The van der Waals surface area contributed by atoms with Crippen molar-refractivity contribution in [3.8, 4) is 0 Å². The minimum atomic E-state index is 0.136. The van der Waals surface area contributed by atoms with Crippen molar-refractivity contribution in [2.75, 3.05) is 29.6 Å². The number of amides is 2. The lowest BCUT2D eigenvalue weighted by Crippen LogP contribution is -2.42. The summed E-state index contributed by atoms with van der Waals surface area (Å²) in [6, 6.07) is 0.240. The summed E-state index contributed by atoms with van der Waals surface area (Å²) >= 11 is 3.59. The first-order chi connectivity index (χ1) is 10.7.